The highest BCUT2D eigenvalue weighted by Gasteiger charge is 2.33. The highest BCUT2D eigenvalue weighted by molar-refractivity contribution is 9.10. The maximum Gasteiger partial charge on any atom is 0.256 e. The number of amides is 1. The molecule has 1 aliphatic rings. The van der Waals surface area contributed by atoms with Gasteiger partial charge in [-0.2, -0.15) is 0 Å². The Bertz CT molecular complexity index is 719. The first-order valence-corrected chi connectivity index (χ1v) is 7.69. The quantitative estimate of drug-likeness (QED) is 0.821. The van der Waals surface area contributed by atoms with Crippen molar-refractivity contribution in [2.24, 2.45) is 0 Å². The van der Waals surface area contributed by atoms with E-state index in [4.69, 9.17) is 0 Å². The summed E-state index contributed by atoms with van der Waals surface area (Å²) in [6.45, 7) is 0.127. The van der Waals surface area contributed by atoms with Crippen molar-refractivity contribution in [1.29, 1.82) is 0 Å². The first-order valence-electron chi connectivity index (χ1n) is 6.90. The third-order valence-electron chi connectivity index (χ3n) is 3.56. The molecule has 114 valence electrons. The second kappa shape index (κ2) is 6.12. The Morgan fingerprint density at radius 3 is 2.68 bits per heavy atom. The van der Waals surface area contributed by atoms with Gasteiger partial charge in [-0.15, -0.1) is 0 Å². The number of carbonyl (C=O) groups excluding carboxylic acids is 1. The molecule has 0 atom stereocenters. The fraction of sp³-hybridized carbons (Fsp3) is 0.250. The molecule has 0 bridgehead atoms. The van der Waals surface area contributed by atoms with Gasteiger partial charge in [0.2, 0.25) is 0 Å². The van der Waals surface area contributed by atoms with Crippen molar-refractivity contribution in [3.8, 4) is 0 Å². The zero-order chi connectivity index (χ0) is 15.7. The second-order valence-corrected chi connectivity index (χ2v) is 6.21. The Hall–Kier alpha value is -1.82. The average molecular weight is 367 g/mol. The number of nitrogens with zero attached hydrogens (tertiary/aromatic N) is 2. The van der Waals surface area contributed by atoms with E-state index in [0.29, 0.717) is 15.6 Å². The third kappa shape index (κ3) is 3.32. The third-order valence-corrected chi connectivity index (χ3v) is 3.99. The topological polar surface area (TPSA) is 33.2 Å². The molecule has 0 aliphatic heterocycles. The van der Waals surface area contributed by atoms with Crippen LogP contribution in [0.5, 0.6) is 0 Å². The first kappa shape index (κ1) is 15.1. The van der Waals surface area contributed by atoms with Gasteiger partial charge < -0.3 is 4.90 Å². The van der Waals surface area contributed by atoms with E-state index < -0.39 is 11.6 Å². The molecular formula is C16H13BrF2N2O. The zero-order valence-electron chi connectivity index (χ0n) is 11.6. The summed E-state index contributed by atoms with van der Waals surface area (Å²) in [5, 5.41) is 0. The van der Waals surface area contributed by atoms with Crippen LogP contribution in [-0.2, 0) is 6.54 Å². The summed E-state index contributed by atoms with van der Waals surface area (Å²) in [5.41, 5.74) is 0.758. The van der Waals surface area contributed by atoms with Crippen LogP contribution >= 0.6 is 15.9 Å². The monoisotopic (exact) mass is 366 g/mol. The fourth-order valence-electron chi connectivity index (χ4n) is 2.28. The molecule has 6 heteroatoms. The highest BCUT2D eigenvalue weighted by Crippen LogP contribution is 2.30. The predicted molar refractivity (Wildman–Crippen MR) is 81.2 cm³/mol. The van der Waals surface area contributed by atoms with Gasteiger partial charge >= 0.3 is 0 Å². The molecule has 1 amide bonds. The summed E-state index contributed by atoms with van der Waals surface area (Å²) < 4.78 is 27.5. The normalized spacial score (nSPS) is 14.0. The van der Waals surface area contributed by atoms with Crippen molar-refractivity contribution in [2.75, 3.05) is 0 Å². The molecule has 1 aromatic carbocycles. The molecule has 22 heavy (non-hydrogen) atoms. The molecule has 1 aliphatic carbocycles. The van der Waals surface area contributed by atoms with E-state index in [2.05, 4.69) is 20.9 Å². The molecule has 1 aromatic heterocycles. The van der Waals surface area contributed by atoms with Crippen LogP contribution in [0.1, 0.15) is 28.8 Å². The van der Waals surface area contributed by atoms with Crippen LogP contribution in [0.4, 0.5) is 8.78 Å². The van der Waals surface area contributed by atoms with E-state index in [1.807, 2.05) is 0 Å². The van der Waals surface area contributed by atoms with Crippen LogP contribution in [0.3, 0.4) is 0 Å². The van der Waals surface area contributed by atoms with E-state index >= 15 is 0 Å². The van der Waals surface area contributed by atoms with Crippen LogP contribution in [0, 0.1) is 11.6 Å². The van der Waals surface area contributed by atoms with Gasteiger partial charge in [-0.25, -0.2) is 8.78 Å². The summed E-state index contributed by atoms with van der Waals surface area (Å²) >= 11 is 3.28. The Balaban J connectivity index is 1.85. The van der Waals surface area contributed by atoms with Gasteiger partial charge in [-0.3, -0.25) is 9.78 Å². The maximum absolute atomic E-state index is 13.8. The minimum absolute atomic E-state index is 0.107. The van der Waals surface area contributed by atoms with E-state index in [9.17, 15) is 13.6 Å². The number of pyridine rings is 1. The van der Waals surface area contributed by atoms with Crippen LogP contribution in [-0.4, -0.2) is 21.8 Å². The van der Waals surface area contributed by atoms with Gasteiger partial charge in [-0.1, -0.05) is 6.07 Å². The molecule has 0 N–H and O–H groups in total. The Morgan fingerprint density at radius 1 is 1.27 bits per heavy atom. The molecule has 3 nitrogen and oxygen atoms in total. The van der Waals surface area contributed by atoms with E-state index in [1.54, 1.807) is 17.2 Å². The van der Waals surface area contributed by atoms with Crippen molar-refractivity contribution in [3.63, 3.8) is 0 Å². The lowest BCUT2D eigenvalue weighted by atomic mass is 10.1. The Kier molecular flexibility index (Phi) is 4.20. The van der Waals surface area contributed by atoms with Crippen LogP contribution < -0.4 is 0 Å². The van der Waals surface area contributed by atoms with Gasteiger partial charge in [0.1, 0.15) is 11.6 Å². The molecule has 2 aromatic rings. The van der Waals surface area contributed by atoms with Crippen molar-refractivity contribution in [3.05, 3.63) is 63.9 Å². The smallest absolute Gasteiger partial charge is 0.256 e. The number of rotatable bonds is 4. The van der Waals surface area contributed by atoms with Gasteiger partial charge in [0, 0.05) is 41.1 Å². The SMILES string of the molecule is O=C(c1cncc(Br)c1)N(Cc1ccc(F)cc1F)C1CC1. The van der Waals surface area contributed by atoms with Gasteiger partial charge in [-0.05, 0) is 40.9 Å². The maximum atomic E-state index is 13.8. The van der Waals surface area contributed by atoms with Crippen molar-refractivity contribution < 1.29 is 13.6 Å². The summed E-state index contributed by atoms with van der Waals surface area (Å²) in [6, 6.07) is 5.22. The second-order valence-electron chi connectivity index (χ2n) is 5.29. The summed E-state index contributed by atoms with van der Waals surface area (Å²) in [4.78, 5) is 18.2. The number of carbonyl (C=O) groups is 1. The van der Waals surface area contributed by atoms with Gasteiger partial charge in [0.15, 0.2) is 0 Å². The number of hydrogen-bond acceptors (Lipinski definition) is 2. The molecule has 1 fully saturated rings. The highest BCUT2D eigenvalue weighted by atomic mass is 79.9. The van der Waals surface area contributed by atoms with E-state index in [0.717, 1.165) is 18.9 Å². The largest absolute Gasteiger partial charge is 0.331 e. The minimum atomic E-state index is -0.634. The zero-order valence-corrected chi connectivity index (χ0v) is 13.2. The van der Waals surface area contributed by atoms with Crippen LogP contribution in [0.25, 0.3) is 0 Å². The summed E-state index contributed by atoms with van der Waals surface area (Å²) in [5.74, 6) is -1.45. The fourth-order valence-corrected chi connectivity index (χ4v) is 2.65. The van der Waals surface area contributed by atoms with Crippen LogP contribution in [0.15, 0.2) is 41.1 Å². The van der Waals surface area contributed by atoms with E-state index in [-0.39, 0.29) is 18.5 Å². The van der Waals surface area contributed by atoms with E-state index in [1.165, 1.54) is 18.3 Å². The first-order chi connectivity index (χ1) is 10.5. The molecule has 1 saturated carbocycles. The summed E-state index contributed by atoms with van der Waals surface area (Å²) in [7, 11) is 0. The molecule has 0 spiro atoms. The number of aromatic nitrogens is 1. The predicted octanol–water partition coefficient (Wildman–Crippen LogP) is 3.93. The molecule has 0 saturated heterocycles. The number of hydrogen-bond donors (Lipinski definition) is 0. The molecular weight excluding hydrogens is 354 g/mol. The molecule has 1 heterocycles. The lowest BCUT2D eigenvalue weighted by molar-refractivity contribution is 0.0727. The molecule has 0 unspecified atom stereocenters. The number of halogens is 3. The van der Waals surface area contributed by atoms with Gasteiger partial charge in [0.05, 0.1) is 5.56 Å². The molecule has 3 rings (SSSR count). The molecule has 0 radical (unpaired) electrons. The van der Waals surface area contributed by atoms with Crippen molar-refractivity contribution in [1.82, 2.24) is 9.88 Å². The lowest BCUT2D eigenvalue weighted by Crippen LogP contribution is -2.33. The van der Waals surface area contributed by atoms with Crippen molar-refractivity contribution in [2.45, 2.75) is 25.4 Å². The Labute approximate surface area is 135 Å². The van der Waals surface area contributed by atoms with Crippen molar-refractivity contribution >= 4 is 21.8 Å². The minimum Gasteiger partial charge on any atom is -0.331 e. The van der Waals surface area contributed by atoms with Gasteiger partial charge in [0.25, 0.3) is 5.91 Å². The van der Waals surface area contributed by atoms with Crippen LogP contribution in [0.2, 0.25) is 0 Å². The average Bonchev–Trinajstić information content (AvgIpc) is 3.30. The standard InChI is InChI=1S/C16H13BrF2N2O/c17-12-5-11(7-20-8-12)16(22)21(14-3-4-14)9-10-1-2-13(18)6-15(10)19/h1-2,5-8,14H,3-4,9H2. The lowest BCUT2D eigenvalue weighted by Gasteiger charge is -2.23. The number of benzene rings is 1. The summed E-state index contributed by atoms with van der Waals surface area (Å²) in [6.07, 6.45) is 4.88. The Morgan fingerprint density at radius 2 is 2.05 bits per heavy atom.